The fourth-order valence-corrected chi connectivity index (χ4v) is 5.20. The predicted molar refractivity (Wildman–Crippen MR) is 144 cm³/mol. The molecule has 188 valence electrons. The Labute approximate surface area is 215 Å². The highest BCUT2D eigenvalue weighted by atomic mass is 35.5. The van der Waals surface area contributed by atoms with E-state index in [-0.39, 0.29) is 18.6 Å². The number of aromatic nitrogens is 2. The quantitative estimate of drug-likeness (QED) is 0.323. The second-order valence-electron chi connectivity index (χ2n) is 9.33. The van der Waals surface area contributed by atoms with E-state index in [0.717, 1.165) is 34.1 Å². The van der Waals surface area contributed by atoms with Crippen molar-refractivity contribution in [3.8, 4) is 28.3 Å². The van der Waals surface area contributed by atoms with Crippen LogP contribution in [0.5, 0.6) is 5.88 Å². The van der Waals surface area contributed by atoms with Gasteiger partial charge in [0.25, 0.3) is 0 Å². The monoisotopic (exact) mass is 525 g/mol. The first-order chi connectivity index (χ1) is 17.3. The van der Waals surface area contributed by atoms with Crippen LogP contribution in [0.25, 0.3) is 33.4 Å². The van der Waals surface area contributed by atoms with Gasteiger partial charge in [-0.1, -0.05) is 48.0 Å². The van der Waals surface area contributed by atoms with Crippen LogP contribution in [-0.4, -0.2) is 57.7 Å². The molecule has 2 N–H and O–H groups in total. The fourth-order valence-electron chi connectivity index (χ4n) is 4.31. The Morgan fingerprint density at radius 3 is 2.42 bits per heavy atom. The number of aliphatic hydroxyl groups excluding tert-OH is 1. The lowest BCUT2D eigenvalue weighted by atomic mass is 10.0. The van der Waals surface area contributed by atoms with Crippen molar-refractivity contribution in [1.82, 2.24) is 9.97 Å². The Kier molecular flexibility index (Phi) is 7.03. The molecule has 2 aromatic heterocycles. The first-order valence-corrected chi connectivity index (χ1v) is 14.4. The van der Waals surface area contributed by atoms with Crippen LogP contribution in [0.4, 0.5) is 5.69 Å². The maximum Gasteiger partial charge on any atom is 0.193 e. The molecule has 3 heterocycles. The van der Waals surface area contributed by atoms with E-state index < -0.39 is 9.73 Å². The normalized spacial score (nSPS) is 18.0. The highest BCUT2D eigenvalue weighted by molar-refractivity contribution is 7.92. The number of hydrogen-bond acceptors (Lipinski definition) is 6. The van der Waals surface area contributed by atoms with Crippen molar-refractivity contribution in [3.63, 3.8) is 0 Å². The molecular weight excluding hydrogens is 498 g/mol. The molecule has 1 fully saturated rings. The zero-order valence-corrected chi connectivity index (χ0v) is 21.7. The molecule has 1 saturated heterocycles. The first-order valence-electron chi connectivity index (χ1n) is 11.7. The topological polar surface area (TPSA) is 96.8 Å². The van der Waals surface area contributed by atoms with E-state index in [0.29, 0.717) is 35.5 Å². The van der Waals surface area contributed by atoms with Crippen LogP contribution in [0.3, 0.4) is 0 Å². The highest BCUT2D eigenvalue weighted by Crippen LogP contribution is 2.33. The van der Waals surface area contributed by atoms with Crippen LogP contribution < -0.4 is 4.74 Å². The number of fused-ring (bicyclic) bond motifs is 1. The molecule has 0 amide bonds. The van der Waals surface area contributed by atoms with Crippen LogP contribution in [0.2, 0.25) is 5.02 Å². The van der Waals surface area contributed by atoms with Gasteiger partial charge in [-0.3, -0.25) is 0 Å². The number of aliphatic hydroxyl groups is 1. The molecule has 5 rings (SSSR count). The SMILES string of the molecule is CS(C)(=O)=Nc1ccc(-c2ccc(-c3nc4cc(OCC5COC(CO)C5)[nH]c4cc3Cl)cc2)cc1. The van der Waals surface area contributed by atoms with Gasteiger partial charge in [-0.2, -0.15) is 4.36 Å². The summed E-state index contributed by atoms with van der Waals surface area (Å²) in [4.78, 5) is 8.01. The van der Waals surface area contributed by atoms with Gasteiger partial charge in [-0.25, -0.2) is 9.19 Å². The molecular formula is C27H28ClN3O4S. The first kappa shape index (κ1) is 24.8. The molecule has 1 aliphatic rings. The standard InChI is InChI=1S/C27H28ClN3O4S/c1-36(2,33)31-21-9-7-19(8-10-21)18-3-5-20(6-4-18)27-23(28)12-24-25(30-27)13-26(29-24)35-16-17-11-22(14-32)34-15-17/h3-10,12-13,17,22,29,32H,11,14-16H2,1-2H3. The Balaban J connectivity index is 1.32. The third kappa shape index (κ3) is 5.73. The second kappa shape index (κ2) is 10.2. The van der Waals surface area contributed by atoms with Crippen molar-refractivity contribution in [3.05, 3.63) is 65.7 Å². The molecule has 2 aromatic carbocycles. The number of benzene rings is 2. The van der Waals surface area contributed by atoms with Crippen molar-refractivity contribution in [1.29, 1.82) is 0 Å². The summed E-state index contributed by atoms with van der Waals surface area (Å²) in [5, 5.41) is 9.77. The maximum absolute atomic E-state index is 11.9. The molecule has 9 heteroatoms. The van der Waals surface area contributed by atoms with Gasteiger partial charge in [-0.05, 0) is 35.7 Å². The lowest BCUT2D eigenvalue weighted by molar-refractivity contribution is 0.0560. The minimum atomic E-state index is -2.19. The number of rotatable bonds is 7. The summed E-state index contributed by atoms with van der Waals surface area (Å²) in [6.45, 7) is 1.14. The highest BCUT2D eigenvalue weighted by Gasteiger charge is 2.25. The average Bonchev–Trinajstić information content (AvgIpc) is 3.48. The molecule has 0 radical (unpaired) electrons. The number of aromatic amines is 1. The Hall–Kier alpha value is -2.91. The summed E-state index contributed by atoms with van der Waals surface area (Å²) in [6, 6.07) is 19.5. The van der Waals surface area contributed by atoms with E-state index in [9.17, 15) is 9.32 Å². The van der Waals surface area contributed by atoms with E-state index in [4.69, 9.17) is 26.1 Å². The summed E-state index contributed by atoms with van der Waals surface area (Å²) in [5.74, 6) is 0.884. The Morgan fingerprint density at radius 2 is 1.78 bits per heavy atom. The lowest BCUT2D eigenvalue weighted by Gasteiger charge is -2.08. The summed E-state index contributed by atoms with van der Waals surface area (Å²) in [5.41, 5.74) is 5.98. The van der Waals surface area contributed by atoms with Crippen LogP contribution in [-0.2, 0) is 14.5 Å². The molecule has 2 atom stereocenters. The third-order valence-electron chi connectivity index (χ3n) is 6.06. The van der Waals surface area contributed by atoms with Gasteiger partial charge in [0.1, 0.15) is 0 Å². The third-order valence-corrected chi connectivity index (χ3v) is 7.00. The zero-order valence-electron chi connectivity index (χ0n) is 20.1. The number of halogens is 1. The average molecular weight is 526 g/mol. The van der Waals surface area contributed by atoms with Crippen LogP contribution in [0.1, 0.15) is 6.42 Å². The molecule has 0 saturated carbocycles. The number of hydrogen-bond donors (Lipinski definition) is 2. The summed E-state index contributed by atoms with van der Waals surface area (Å²) >= 11 is 6.59. The molecule has 7 nitrogen and oxygen atoms in total. The summed E-state index contributed by atoms with van der Waals surface area (Å²) in [7, 11) is -2.19. The second-order valence-corrected chi connectivity index (χ2v) is 12.3. The molecule has 0 bridgehead atoms. The van der Waals surface area contributed by atoms with E-state index in [1.807, 2.05) is 60.7 Å². The predicted octanol–water partition coefficient (Wildman–Crippen LogP) is 5.69. The lowest BCUT2D eigenvalue weighted by Crippen LogP contribution is -2.13. The maximum atomic E-state index is 11.9. The largest absolute Gasteiger partial charge is 0.479 e. The van der Waals surface area contributed by atoms with Gasteiger partial charge >= 0.3 is 0 Å². The number of H-pyrrole nitrogens is 1. The molecule has 0 spiro atoms. The molecule has 4 aromatic rings. The van der Waals surface area contributed by atoms with Gasteiger partial charge in [0.2, 0.25) is 0 Å². The van der Waals surface area contributed by atoms with Crippen molar-refractivity contribution in [2.45, 2.75) is 12.5 Å². The summed E-state index contributed by atoms with van der Waals surface area (Å²) < 4.78 is 27.6. The van der Waals surface area contributed by atoms with E-state index >= 15 is 0 Å². The van der Waals surface area contributed by atoms with Gasteiger partial charge in [0, 0.05) is 39.8 Å². The van der Waals surface area contributed by atoms with Crippen LogP contribution >= 0.6 is 11.6 Å². The van der Waals surface area contributed by atoms with Crippen molar-refractivity contribution < 1.29 is 18.8 Å². The van der Waals surface area contributed by atoms with Crippen molar-refractivity contribution >= 4 is 38.1 Å². The smallest absolute Gasteiger partial charge is 0.193 e. The van der Waals surface area contributed by atoms with Gasteiger partial charge in [0.15, 0.2) is 5.88 Å². The minimum Gasteiger partial charge on any atom is -0.479 e. The van der Waals surface area contributed by atoms with E-state index in [1.165, 1.54) is 0 Å². The number of ether oxygens (including phenoxy) is 2. The van der Waals surface area contributed by atoms with Crippen molar-refractivity contribution in [2.24, 2.45) is 10.3 Å². The van der Waals surface area contributed by atoms with Crippen molar-refractivity contribution in [2.75, 3.05) is 32.3 Å². The Morgan fingerprint density at radius 1 is 1.11 bits per heavy atom. The molecule has 2 unspecified atom stereocenters. The van der Waals surface area contributed by atoms with Gasteiger partial charge in [-0.15, -0.1) is 0 Å². The Bertz CT molecular complexity index is 1480. The number of pyridine rings is 1. The number of nitrogens with one attached hydrogen (secondary N) is 1. The van der Waals surface area contributed by atoms with Crippen LogP contribution in [0.15, 0.2) is 65.0 Å². The van der Waals surface area contributed by atoms with Gasteiger partial charge < -0.3 is 19.6 Å². The molecule has 1 aliphatic heterocycles. The van der Waals surface area contributed by atoms with E-state index in [2.05, 4.69) is 9.35 Å². The van der Waals surface area contributed by atoms with Gasteiger partial charge in [0.05, 0.1) is 53.4 Å². The van der Waals surface area contributed by atoms with E-state index in [1.54, 1.807) is 12.5 Å². The molecule has 36 heavy (non-hydrogen) atoms. The minimum absolute atomic E-state index is 0.0410. The fraction of sp³-hybridized carbons (Fsp3) is 0.296. The number of nitrogens with zero attached hydrogens (tertiary/aromatic N) is 2. The molecule has 0 aliphatic carbocycles. The zero-order chi connectivity index (χ0) is 25.3. The summed E-state index contributed by atoms with van der Waals surface area (Å²) in [6.07, 6.45) is 3.94. The van der Waals surface area contributed by atoms with Crippen LogP contribution in [0, 0.1) is 5.92 Å².